The van der Waals surface area contributed by atoms with Crippen molar-refractivity contribution in [3.05, 3.63) is 112 Å². The lowest BCUT2D eigenvalue weighted by Crippen LogP contribution is -2.32. The smallest absolute Gasteiger partial charge is 0.319 e. The minimum Gasteiger partial charge on any atom is -0.328 e. The summed E-state index contributed by atoms with van der Waals surface area (Å²) in [6, 6.07) is 27.1. The second-order valence-corrected chi connectivity index (χ2v) is 10.5. The molecule has 0 aliphatic heterocycles. The number of aromatic nitrogens is 3. The molecule has 192 valence electrons. The maximum Gasteiger partial charge on any atom is 0.319 e. The van der Waals surface area contributed by atoms with Crippen molar-refractivity contribution in [3.63, 3.8) is 0 Å². The van der Waals surface area contributed by atoms with Gasteiger partial charge in [0.25, 0.3) is 0 Å². The molecular weight excluding hydrogens is 514 g/mol. The van der Waals surface area contributed by atoms with Crippen LogP contribution in [0.25, 0.3) is 16.5 Å². The molecule has 1 heterocycles. The van der Waals surface area contributed by atoms with Crippen LogP contribution in [0, 0.1) is 13.8 Å². The molecular formula is C30H28ClN5OS. The zero-order valence-electron chi connectivity index (χ0n) is 21.4. The lowest BCUT2D eigenvalue weighted by molar-refractivity contribution is 0.249. The summed E-state index contributed by atoms with van der Waals surface area (Å²) in [5.74, 6) is 1.36. The highest BCUT2D eigenvalue weighted by molar-refractivity contribution is 7.98. The molecule has 0 aliphatic rings. The number of rotatable bonds is 7. The van der Waals surface area contributed by atoms with Gasteiger partial charge in [-0.15, -0.1) is 10.2 Å². The first kappa shape index (κ1) is 25.8. The van der Waals surface area contributed by atoms with Gasteiger partial charge in [0.1, 0.15) is 0 Å². The molecule has 38 heavy (non-hydrogen) atoms. The summed E-state index contributed by atoms with van der Waals surface area (Å²) in [5.41, 5.74) is 5.12. The van der Waals surface area contributed by atoms with Crippen molar-refractivity contribution in [1.82, 2.24) is 20.1 Å². The number of carbonyl (C=O) groups is 1. The lowest BCUT2D eigenvalue weighted by Gasteiger charge is -2.18. The molecule has 0 bridgehead atoms. The van der Waals surface area contributed by atoms with E-state index >= 15 is 0 Å². The van der Waals surface area contributed by atoms with E-state index in [1.807, 2.05) is 91.2 Å². The van der Waals surface area contributed by atoms with E-state index in [-0.39, 0.29) is 6.03 Å². The fourth-order valence-corrected chi connectivity index (χ4v) is 5.57. The van der Waals surface area contributed by atoms with Gasteiger partial charge in [-0.3, -0.25) is 4.57 Å². The molecule has 0 radical (unpaired) electrons. The van der Waals surface area contributed by atoms with E-state index in [1.165, 1.54) is 11.1 Å². The number of urea groups is 1. The van der Waals surface area contributed by atoms with Crippen molar-refractivity contribution in [2.75, 3.05) is 5.32 Å². The molecule has 5 aromatic rings. The van der Waals surface area contributed by atoms with Crippen LogP contribution in [0.4, 0.5) is 10.5 Å². The maximum absolute atomic E-state index is 13.1. The summed E-state index contributed by atoms with van der Waals surface area (Å²) in [6.45, 7) is 6.03. The second kappa shape index (κ2) is 11.3. The Kier molecular flexibility index (Phi) is 7.67. The standard InChI is InChI=1S/C30H28ClN5OS/c1-19-9-4-5-11-23(19)18-38-30-35-34-28(36(30)27-17-24(31)16-15-20(27)2)21(3)32-29(37)33-26-14-8-12-22-10-6-7-13-25(22)26/h4-17,21H,18H2,1-3H3,(H2,32,33,37). The van der Waals surface area contributed by atoms with Gasteiger partial charge in [-0.1, -0.05) is 90.1 Å². The van der Waals surface area contributed by atoms with Gasteiger partial charge in [-0.25, -0.2) is 4.79 Å². The molecule has 0 fully saturated rings. The molecule has 8 heteroatoms. The van der Waals surface area contributed by atoms with E-state index in [2.05, 4.69) is 39.9 Å². The fraction of sp³-hybridized carbons (Fsp3) is 0.167. The van der Waals surface area contributed by atoms with Gasteiger partial charge in [0, 0.05) is 16.2 Å². The predicted molar refractivity (Wildman–Crippen MR) is 156 cm³/mol. The monoisotopic (exact) mass is 541 g/mol. The van der Waals surface area contributed by atoms with Crippen molar-refractivity contribution in [2.45, 2.75) is 37.7 Å². The minimum atomic E-state index is -0.427. The number of aryl methyl sites for hydroxylation is 2. The number of amides is 2. The summed E-state index contributed by atoms with van der Waals surface area (Å²) >= 11 is 8.00. The predicted octanol–water partition coefficient (Wildman–Crippen LogP) is 7.87. The quantitative estimate of drug-likeness (QED) is 0.206. The van der Waals surface area contributed by atoms with Crippen molar-refractivity contribution in [1.29, 1.82) is 0 Å². The third kappa shape index (κ3) is 5.54. The summed E-state index contributed by atoms with van der Waals surface area (Å²) in [6.07, 6.45) is 0. The molecule has 0 aliphatic carbocycles. The van der Waals surface area contributed by atoms with E-state index in [0.29, 0.717) is 10.8 Å². The second-order valence-electron chi connectivity index (χ2n) is 9.17. The number of nitrogens with zero attached hydrogens (tertiary/aromatic N) is 3. The van der Waals surface area contributed by atoms with Gasteiger partial charge in [-0.2, -0.15) is 0 Å². The van der Waals surface area contributed by atoms with Crippen molar-refractivity contribution < 1.29 is 4.79 Å². The Labute approximate surface area is 231 Å². The summed E-state index contributed by atoms with van der Waals surface area (Å²) in [4.78, 5) is 13.1. The van der Waals surface area contributed by atoms with Crippen LogP contribution in [0.15, 0.2) is 90.1 Å². The number of benzene rings is 4. The van der Waals surface area contributed by atoms with Crippen LogP contribution < -0.4 is 10.6 Å². The first-order chi connectivity index (χ1) is 18.4. The maximum atomic E-state index is 13.1. The molecule has 2 amide bonds. The van der Waals surface area contributed by atoms with Crippen molar-refractivity contribution >= 4 is 45.9 Å². The van der Waals surface area contributed by atoms with Crippen molar-refractivity contribution in [2.24, 2.45) is 0 Å². The summed E-state index contributed by atoms with van der Waals surface area (Å²) in [7, 11) is 0. The van der Waals surface area contributed by atoms with Crippen LogP contribution in [0.1, 0.15) is 35.5 Å². The van der Waals surface area contributed by atoms with Crippen LogP contribution in [-0.2, 0) is 5.75 Å². The molecule has 6 nitrogen and oxygen atoms in total. The normalized spacial score (nSPS) is 11.9. The van der Waals surface area contributed by atoms with E-state index in [4.69, 9.17) is 11.6 Å². The highest BCUT2D eigenvalue weighted by Gasteiger charge is 2.23. The molecule has 1 aromatic heterocycles. The number of fused-ring (bicyclic) bond motifs is 1. The lowest BCUT2D eigenvalue weighted by atomic mass is 10.1. The Hall–Kier alpha value is -3.81. The largest absolute Gasteiger partial charge is 0.328 e. The van der Waals surface area contributed by atoms with E-state index in [1.54, 1.807) is 11.8 Å². The Morgan fingerprint density at radius 1 is 0.947 bits per heavy atom. The van der Waals surface area contributed by atoms with Crippen LogP contribution in [-0.4, -0.2) is 20.8 Å². The molecule has 4 aromatic carbocycles. The molecule has 1 atom stereocenters. The molecule has 2 N–H and O–H groups in total. The first-order valence-electron chi connectivity index (χ1n) is 12.3. The number of nitrogens with one attached hydrogen (secondary N) is 2. The number of halogens is 1. The van der Waals surface area contributed by atoms with E-state index in [0.717, 1.165) is 38.6 Å². The van der Waals surface area contributed by atoms with Gasteiger partial charge in [0.05, 0.1) is 17.4 Å². The van der Waals surface area contributed by atoms with Crippen LogP contribution >= 0.6 is 23.4 Å². The van der Waals surface area contributed by atoms with Gasteiger partial charge in [-0.05, 0) is 61.0 Å². The van der Waals surface area contributed by atoms with Crippen LogP contribution in [0.2, 0.25) is 5.02 Å². The fourth-order valence-electron chi connectivity index (χ4n) is 4.37. The number of thioether (sulfide) groups is 1. The zero-order valence-corrected chi connectivity index (χ0v) is 23.0. The first-order valence-corrected chi connectivity index (χ1v) is 13.7. The summed E-state index contributed by atoms with van der Waals surface area (Å²) in [5, 5.41) is 18.5. The average Bonchev–Trinajstić information content (AvgIpc) is 3.33. The summed E-state index contributed by atoms with van der Waals surface area (Å²) < 4.78 is 1.99. The molecule has 0 saturated carbocycles. The average molecular weight is 542 g/mol. The molecule has 5 rings (SSSR count). The molecule has 0 spiro atoms. The number of hydrogen-bond donors (Lipinski definition) is 2. The minimum absolute atomic E-state index is 0.319. The van der Waals surface area contributed by atoms with Gasteiger partial charge in [0.15, 0.2) is 11.0 Å². The van der Waals surface area contributed by atoms with Crippen LogP contribution in [0.3, 0.4) is 0 Å². The molecule has 1 unspecified atom stereocenters. The third-order valence-electron chi connectivity index (χ3n) is 6.46. The van der Waals surface area contributed by atoms with E-state index < -0.39 is 6.04 Å². The SMILES string of the molecule is Cc1ccccc1CSc1nnc(C(C)NC(=O)Nc2cccc3ccccc23)n1-c1cc(Cl)ccc1C. The Balaban J connectivity index is 1.43. The Morgan fingerprint density at radius 3 is 2.55 bits per heavy atom. The number of hydrogen-bond acceptors (Lipinski definition) is 4. The molecule has 0 saturated heterocycles. The van der Waals surface area contributed by atoms with Gasteiger partial charge in [0.2, 0.25) is 0 Å². The highest BCUT2D eigenvalue weighted by atomic mass is 35.5. The Bertz CT molecular complexity index is 1610. The van der Waals surface area contributed by atoms with Crippen molar-refractivity contribution in [3.8, 4) is 5.69 Å². The Morgan fingerprint density at radius 2 is 1.71 bits per heavy atom. The highest BCUT2D eigenvalue weighted by Crippen LogP contribution is 2.31. The van der Waals surface area contributed by atoms with Gasteiger partial charge < -0.3 is 10.6 Å². The van der Waals surface area contributed by atoms with Crippen LogP contribution in [0.5, 0.6) is 0 Å². The zero-order chi connectivity index (χ0) is 26.6. The van der Waals surface area contributed by atoms with Gasteiger partial charge >= 0.3 is 6.03 Å². The van der Waals surface area contributed by atoms with E-state index in [9.17, 15) is 4.79 Å². The topological polar surface area (TPSA) is 71.8 Å². The number of carbonyl (C=O) groups excluding carboxylic acids is 1. The number of anilines is 1. The third-order valence-corrected chi connectivity index (χ3v) is 7.67.